The summed E-state index contributed by atoms with van der Waals surface area (Å²) >= 11 is 0. The maximum Gasteiger partial charge on any atom is 0.101 e. The Morgan fingerprint density at radius 2 is 1.82 bits per heavy atom. The monoisotopic (exact) mass is 237 g/mol. The normalized spacial score (nSPS) is 22.8. The second-order valence-corrected chi connectivity index (χ2v) is 5.34. The predicted octanol–water partition coefficient (Wildman–Crippen LogP) is 3.06. The van der Waals surface area contributed by atoms with E-state index in [2.05, 4.69) is 0 Å². The first-order valence-electron chi connectivity index (χ1n) is 6.65. The number of aliphatic hydroxyl groups is 1. The van der Waals surface area contributed by atoms with Gasteiger partial charge in [0.05, 0.1) is 17.9 Å². The molecule has 0 aliphatic heterocycles. The first-order chi connectivity index (χ1) is 8.12. The maximum atomic E-state index is 10.7. The van der Waals surface area contributed by atoms with Crippen LogP contribution in [0.4, 0.5) is 0 Å². The van der Waals surface area contributed by atoms with E-state index in [1.807, 2.05) is 13.0 Å². The van der Waals surface area contributed by atoms with E-state index in [1.54, 1.807) is 6.26 Å². The molecule has 3 heteroatoms. The molecule has 1 fully saturated rings. The summed E-state index contributed by atoms with van der Waals surface area (Å²) in [6.07, 6.45) is 9.13. The Hall–Kier alpha value is -0.800. The number of rotatable bonds is 2. The molecule has 1 aromatic rings. The van der Waals surface area contributed by atoms with Crippen molar-refractivity contribution in [3.05, 3.63) is 23.7 Å². The number of hydrogen-bond donors (Lipinski definition) is 2. The summed E-state index contributed by atoms with van der Waals surface area (Å²) in [7, 11) is 0. The van der Waals surface area contributed by atoms with Crippen LogP contribution >= 0.6 is 0 Å². The minimum atomic E-state index is -0.753. The second-order valence-electron chi connectivity index (χ2n) is 5.34. The first-order valence-corrected chi connectivity index (χ1v) is 6.65. The molecule has 1 unspecified atom stereocenters. The maximum absolute atomic E-state index is 10.7. The van der Waals surface area contributed by atoms with Crippen molar-refractivity contribution in [2.75, 3.05) is 0 Å². The molecule has 3 nitrogen and oxygen atoms in total. The average molecular weight is 237 g/mol. The van der Waals surface area contributed by atoms with Crippen molar-refractivity contribution in [2.45, 2.75) is 63.5 Å². The summed E-state index contributed by atoms with van der Waals surface area (Å²) in [5.74, 6) is 0.852. The third-order valence-electron chi connectivity index (χ3n) is 3.91. The van der Waals surface area contributed by atoms with Crippen molar-refractivity contribution in [3.8, 4) is 0 Å². The molecule has 1 aromatic heterocycles. The van der Waals surface area contributed by atoms with Gasteiger partial charge in [-0.3, -0.25) is 0 Å². The van der Waals surface area contributed by atoms with E-state index >= 15 is 0 Å². The molecule has 96 valence electrons. The lowest BCUT2D eigenvalue weighted by Gasteiger charge is -2.35. The van der Waals surface area contributed by atoms with E-state index in [-0.39, 0.29) is 6.04 Å². The molecular formula is C14H23NO2. The average Bonchev–Trinajstić information content (AvgIpc) is 2.69. The van der Waals surface area contributed by atoms with E-state index in [9.17, 15) is 5.11 Å². The van der Waals surface area contributed by atoms with E-state index in [0.29, 0.717) is 0 Å². The minimum absolute atomic E-state index is 0.321. The predicted molar refractivity (Wildman–Crippen MR) is 67.6 cm³/mol. The van der Waals surface area contributed by atoms with Gasteiger partial charge in [-0.1, -0.05) is 32.1 Å². The molecule has 1 aliphatic rings. The van der Waals surface area contributed by atoms with Crippen molar-refractivity contribution in [1.29, 1.82) is 0 Å². The van der Waals surface area contributed by atoms with E-state index in [4.69, 9.17) is 10.2 Å². The molecule has 1 heterocycles. The molecule has 0 spiro atoms. The van der Waals surface area contributed by atoms with Crippen LogP contribution in [-0.2, 0) is 0 Å². The van der Waals surface area contributed by atoms with Crippen LogP contribution in [0.1, 0.15) is 62.3 Å². The highest BCUT2D eigenvalue weighted by atomic mass is 16.3. The van der Waals surface area contributed by atoms with Gasteiger partial charge in [-0.15, -0.1) is 0 Å². The van der Waals surface area contributed by atoms with Crippen LogP contribution in [-0.4, -0.2) is 10.7 Å². The Morgan fingerprint density at radius 1 is 1.24 bits per heavy atom. The van der Waals surface area contributed by atoms with Crippen LogP contribution in [0.3, 0.4) is 0 Å². The number of furan rings is 1. The van der Waals surface area contributed by atoms with Crippen LogP contribution in [0, 0.1) is 6.92 Å². The van der Waals surface area contributed by atoms with Gasteiger partial charge in [0.15, 0.2) is 0 Å². The van der Waals surface area contributed by atoms with Crippen molar-refractivity contribution in [2.24, 2.45) is 5.73 Å². The quantitative estimate of drug-likeness (QED) is 0.831. The number of aryl methyl sites for hydroxylation is 1. The standard InChI is InChI=1S/C14H23NO2/c1-11-9-12(10-17-11)13(15)14(16)7-5-3-2-4-6-8-14/h9-10,13,16H,2-8,15H2,1H3. The molecule has 1 saturated carbocycles. The van der Waals surface area contributed by atoms with Gasteiger partial charge < -0.3 is 15.3 Å². The van der Waals surface area contributed by atoms with Gasteiger partial charge in [0, 0.05) is 5.56 Å². The summed E-state index contributed by atoms with van der Waals surface area (Å²) in [5.41, 5.74) is 6.40. The van der Waals surface area contributed by atoms with Crippen molar-refractivity contribution < 1.29 is 9.52 Å². The van der Waals surface area contributed by atoms with Crippen LogP contribution in [0.25, 0.3) is 0 Å². The molecule has 1 aliphatic carbocycles. The molecule has 0 saturated heterocycles. The fraction of sp³-hybridized carbons (Fsp3) is 0.714. The first kappa shape index (κ1) is 12.7. The molecule has 0 radical (unpaired) electrons. The van der Waals surface area contributed by atoms with Gasteiger partial charge in [0.2, 0.25) is 0 Å². The van der Waals surface area contributed by atoms with Crippen molar-refractivity contribution >= 4 is 0 Å². The van der Waals surface area contributed by atoms with E-state index in [0.717, 1.165) is 37.0 Å². The van der Waals surface area contributed by atoms with Crippen molar-refractivity contribution in [3.63, 3.8) is 0 Å². The lowest BCUT2D eigenvalue weighted by Crippen LogP contribution is -2.41. The van der Waals surface area contributed by atoms with Crippen LogP contribution in [0.15, 0.2) is 16.7 Å². The summed E-state index contributed by atoms with van der Waals surface area (Å²) in [6, 6.07) is 1.61. The Kier molecular flexibility index (Phi) is 3.89. The van der Waals surface area contributed by atoms with Gasteiger partial charge >= 0.3 is 0 Å². The highest BCUT2D eigenvalue weighted by molar-refractivity contribution is 5.19. The Morgan fingerprint density at radius 3 is 2.35 bits per heavy atom. The highest BCUT2D eigenvalue weighted by Gasteiger charge is 2.35. The van der Waals surface area contributed by atoms with E-state index < -0.39 is 5.60 Å². The Labute approximate surface area is 103 Å². The third kappa shape index (κ3) is 2.90. The molecule has 0 aromatic carbocycles. The highest BCUT2D eigenvalue weighted by Crippen LogP contribution is 2.35. The Balaban J connectivity index is 2.11. The van der Waals surface area contributed by atoms with Crippen LogP contribution < -0.4 is 5.73 Å². The summed E-state index contributed by atoms with van der Waals surface area (Å²) in [4.78, 5) is 0. The molecule has 17 heavy (non-hydrogen) atoms. The lowest BCUT2D eigenvalue weighted by molar-refractivity contribution is -0.0111. The summed E-state index contributed by atoms with van der Waals surface area (Å²) in [5, 5.41) is 10.7. The zero-order valence-corrected chi connectivity index (χ0v) is 10.6. The van der Waals surface area contributed by atoms with Gasteiger partial charge in [0.1, 0.15) is 5.76 Å². The van der Waals surface area contributed by atoms with Gasteiger partial charge in [-0.25, -0.2) is 0 Å². The largest absolute Gasteiger partial charge is 0.469 e. The smallest absolute Gasteiger partial charge is 0.101 e. The van der Waals surface area contributed by atoms with Gasteiger partial charge in [-0.2, -0.15) is 0 Å². The molecule has 0 bridgehead atoms. The topological polar surface area (TPSA) is 59.4 Å². The molecule has 3 N–H and O–H groups in total. The fourth-order valence-corrected chi connectivity index (χ4v) is 2.77. The third-order valence-corrected chi connectivity index (χ3v) is 3.91. The number of hydrogen-bond acceptors (Lipinski definition) is 3. The molecule has 1 atom stereocenters. The van der Waals surface area contributed by atoms with E-state index in [1.165, 1.54) is 19.3 Å². The SMILES string of the molecule is Cc1cc(C(N)C2(O)CCCCCCC2)co1. The van der Waals surface area contributed by atoms with Gasteiger partial charge in [-0.05, 0) is 25.8 Å². The second kappa shape index (κ2) is 5.23. The zero-order valence-electron chi connectivity index (χ0n) is 10.6. The lowest BCUT2D eigenvalue weighted by atomic mass is 9.80. The minimum Gasteiger partial charge on any atom is -0.469 e. The molecular weight excluding hydrogens is 214 g/mol. The summed E-state index contributed by atoms with van der Waals surface area (Å²) in [6.45, 7) is 1.90. The fourth-order valence-electron chi connectivity index (χ4n) is 2.77. The Bertz CT molecular complexity index is 351. The van der Waals surface area contributed by atoms with Crippen molar-refractivity contribution in [1.82, 2.24) is 0 Å². The van der Waals surface area contributed by atoms with Crippen LogP contribution in [0.2, 0.25) is 0 Å². The molecule has 0 amide bonds. The molecule has 2 rings (SSSR count). The number of nitrogens with two attached hydrogens (primary N) is 1. The summed E-state index contributed by atoms with van der Waals surface area (Å²) < 4.78 is 5.29. The zero-order chi connectivity index (χ0) is 12.3. The van der Waals surface area contributed by atoms with Crippen LogP contribution in [0.5, 0.6) is 0 Å². The van der Waals surface area contributed by atoms with Gasteiger partial charge in [0.25, 0.3) is 0 Å².